The van der Waals surface area contributed by atoms with Crippen LogP contribution in [0.2, 0.25) is 0 Å². The molecular formula is C10H13N5OS. The number of nitrogens with one attached hydrogen (secondary N) is 1. The van der Waals surface area contributed by atoms with Gasteiger partial charge in [0.15, 0.2) is 5.16 Å². The van der Waals surface area contributed by atoms with Crippen molar-refractivity contribution in [1.29, 1.82) is 0 Å². The second-order valence-corrected chi connectivity index (χ2v) is 4.52. The Labute approximate surface area is 102 Å². The highest BCUT2D eigenvalue weighted by atomic mass is 32.2. The van der Waals surface area contributed by atoms with Crippen LogP contribution in [0.5, 0.6) is 0 Å². The number of rotatable bonds is 3. The van der Waals surface area contributed by atoms with E-state index in [1.165, 1.54) is 11.8 Å². The van der Waals surface area contributed by atoms with Crippen LogP contribution < -0.4 is 11.4 Å². The van der Waals surface area contributed by atoms with E-state index in [-0.39, 0.29) is 5.69 Å². The number of aryl methyl sites for hydroxylation is 1. The second kappa shape index (κ2) is 4.62. The Morgan fingerprint density at radius 3 is 3.00 bits per heavy atom. The lowest BCUT2D eigenvalue weighted by atomic mass is 10.3. The standard InChI is InChI=1S/C10H13N5OS/c1-3-15-9(16)13-14-10(15)17-8-4-6(2)7(11)5-12-8/h4-5H,3,11H2,1-2H3,(H,13,16). The van der Waals surface area contributed by atoms with Crippen molar-refractivity contribution in [3.63, 3.8) is 0 Å². The normalized spacial score (nSPS) is 10.7. The van der Waals surface area contributed by atoms with Crippen LogP contribution in [0.15, 0.2) is 27.2 Å². The molecule has 0 aliphatic carbocycles. The minimum atomic E-state index is -0.206. The maximum atomic E-state index is 11.4. The van der Waals surface area contributed by atoms with Crippen LogP contribution in [0.25, 0.3) is 0 Å². The molecule has 0 radical (unpaired) electrons. The maximum Gasteiger partial charge on any atom is 0.343 e. The fourth-order valence-corrected chi connectivity index (χ4v) is 2.29. The number of hydrogen-bond donors (Lipinski definition) is 2. The number of aromatic amines is 1. The monoisotopic (exact) mass is 251 g/mol. The molecule has 0 fully saturated rings. The Kier molecular flexibility index (Phi) is 3.19. The van der Waals surface area contributed by atoms with Gasteiger partial charge in [-0.25, -0.2) is 14.9 Å². The van der Waals surface area contributed by atoms with Crippen LogP contribution in [-0.4, -0.2) is 19.7 Å². The highest BCUT2D eigenvalue weighted by Gasteiger charge is 2.09. The third-order valence-corrected chi connectivity index (χ3v) is 3.29. The van der Waals surface area contributed by atoms with Crippen LogP contribution in [0, 0.1) is 6.92 Å². The number of nitrogens with zero attached hydrogens (tertiary/aromatic N) is 3. The molecule has 3 N–H and O–H groups in total. The number of nitrogens with two attached hydrogens (primary N) is 1. The first-order valence-electron chi connectivity index (χ1n) is 5.17. The Morgan fingerprint density at radius 2 is 2.35 bits per heavy atom. The van der Waals surface area contributed by atoms with Crippen molar-refractivity contribution in [3.8, 4) is 0 Å². The first kappa shape index (κ1) is 11.7. The summed E-state index contributed by atoms with van der Waals surface area (Å²) in [7, 11) is 0. The molecule has 0 bridgehead atoms. The van der Waals surface area contributed by atoms with Gasteiger partial charge in [-0.3, -0.25) is 4.57 Å². The van der Waals surface area contributed by atoms with E-state index in [2.05, 4.69) is 15.2 Å². The average molecular weight is 251 g/mol. The van der Waals surface area contributed by atoms with Gasteiger partial charge in [0, 0.05) is 6.54 Å². The SMILES string of the molecule is CCn1c(Sc2cc(C)c(N)cn2)n[nH]c1=O. The van der Waals surface area contributed by atoms with Gasteiger partial charge in [-0.05, 0) is 37.2 Å². The predicted molar refractivity (Wildman–Crippen MR) is 66.0 cm³/mol. The summed E-state index contributed by atoms with van der Waals surface area (Å²) >= 11 is 1.34. The smallest absolute Gasteiger partial charge is 0.343 e. The molecule has 2 aromatic heterocycles. The summed E-state index contributed by atoms with van der Waals surface area (Å²) in [5, 5.41) is 7.74. The van der Waals surface area contributed by atoms with Crippen LogP contribution in [0.1, 0.15) is 12.5 Å². The molecule has 0 atom stereocenters. The topological polar surface area (TPSA) is 89.6 Å². The molecule has 0 saturated heterocycles. The summed E-state index contributed by atoms with van der Waals surface area (Å²) < 4.78 is 1.55. The van der Waals surface area contributed by atoms with Crippen molar-refractivity contribution >= 4 is 17.4 Å². The lowest BCUT2D eigenvalue weighted by Crippen LogP contribution is -2.16. The van der Waals surface area contributed by atoms with E-state index in [4.69, 9.17) is 5.73 Å². The van der Waals surface area contributed by atoms with Crippen LogP contribution in [0.4, 0.5) is 5.69 Å². The predicted octanol–water partition coefficient (Wildman–Crippen LogP) is 1.03. The summed E-state index contributed by atoms with van der Waals surface area (Å²) in [6.07, 6.45) is 1.61. The molecule has 0 saturated carbocycles. The van der Waals surface area contributed by atoms with Crippen molar-refractivity contribution in [2.24, 2.45) is 0 Å². The Bertz CT molecular complexity index is 589. The first-order valence-corrected chi connectivity index (χ1v) is 5.98. The van der Waals surface area contributed by atoms with E-state index in [9.17, 15) is 4.79 Å². The third kappa shape index (κ3) is 2.33. The summed E-state index contributed by atoms with van der Waals surface area (Å²) in [5.41, 5.74) is 7.11. The third-order valence-electron chi connectivity index (χ3n) is 2.36. The van der Waals surface area contributed by atoms with Gasteiger partial charge in [0.2, 0.25) is 0 Å². The van der Waals surface area contributed by atoms with Gasteiger partial charge in [-0.1, -0.05) is 0 Å². The molecular weight excluding hydrogens is 238 g/mol. The molecule has 7 heteroatoms. The molecule has 2 heterocycles. The molecule has 0 aromatic carbocycles. The molecule has 90 valence electrons. The highest BCUT2D eigenvalue weighted by Crippen LogP contribution is 2.25. The van der Waals surface area contributed by atoms with Gasteiger partial charge in [0.1, 0.15) is 5.03 Å². The molecule has 0 spiro atoms. The van der Waals surface area contributed by atoms with Gasteiger partial charge in [-0.15, -0.1) is 5.10 Å². The van der Waals surface area contributed by atoms with Crippen molar-refractivity contribution in [2.45, 2.75) is 30.6 Å². The van der Waals surface area contributed by atoms with Gasteiger partial charge < -0.3 is 5.73 Å². The summed E-state index contributed by atoms with van der Waals surface area (Å²) in [6, 6.07) is 1.87. The zero-order valence-electron chi connectivity index (χ0n) is 9.60. The largest absolute Gasteiger partial charge is 0.397 e. The Morgan fingerprint density at radius 1 is 1.59 bits per heavy atom. The maximum absolute atomic E-state index is 11.4. The number of anilines is 1. The quantitative estimate of drug-likeness (QED) is 0.850. The Balaban J connectivity index is 2.31. The zero-order valence-corrected chi connectivity index (χ0v) is 10.4. The second-order valence-electron chi connectivity index (χ2n) is 3.54. The lowest BCUT2D eigenvalue weighted by Gasteiger charge is -2.03. The van der Waals surface area contributed by atoms with E-state index in [1.54, 1.807) is 10.8 Å². The van der Waals surface area contributed by atoms with Gasteiger partial charge in [-0.2, -0.15) is 0 Å². The molecule has 0 aliphatic heterocycles. The number of nitrogen functional groups attached to an aromatic ring is 1. The van der Waals surface area contributed by atoms with Gasteiger partial charge in [0.25, 0.3) is 0 Å². The number of aromatic nitrogens is 4. The van der Waals surface area contributed by atoms with Crippen LogP contribution in [-0.2, 0) is 6.54 Å². The highest BCUT2D eigenvalue weighted by molar-refractivity contribution is 7.99. The average Bonchev–Trinajstić information content (AvgIpc) is 2.64. The van der Waals surface area contributed by atoms with Gasteiger partial charge in [0.05, 0.1) is 11.9 Å². The Hall–Kier alpha value is -1.76. The van der Waals surface area contributed by atoms with E-state index in [0.717, 1.165) is 10.6 Å². The zero-order chi connectivity index (χ0) is 12.4. The molecule has 17 heavy (non-hydrogen) atoms. The summed E-state index contributed by atoms with van der Waals surface area (Å²) in [4.78, 5) is 15.6. The van der Waals surface area contributed by atoms with Crippen molar-refractivity contribution < 1.29 is 0 Å². The minimum absolute atomic E-state index is 0.206. The number of hydrogen-bond acceptors (Lipinski definition) is 5. The number of pyridine rings is 1. The van der Waals surface area contributed by atoms with Crippen molar-refractivity contribution in [1.82, 2.24) is 19.7 Å². The molecule has 2 aromatic rings. The lowest BCUT2D eigenvalue weighted by molar-refractivity contribution is 0.660. The fourth-order valence-electron chi connectivity index (χ4n) is 1.35. The van der Waals surface area contributed by atoms with E-state index < -0.39 is 0 Å². The van der Waals surface area contributed by atoms with Crippen molar-refractivity contribution in [3.05, 3.63) is 28.3 Å². The molecule has 0 aliphatic rings. The van der Waals surface area contributed by atoms with E-state index >= 15 is 0 Å². The van der Waals surface area contributed by atoms with Gasteiger partial charge >= 0.3 is 5.69 Å². The van der Waals surface area contributed by atoms with Crippen LogP contribution >= 0.6 is 11.8 Å². The van der Waals surface area contributed by atoms with E-state index in [1.807, 2.05) is 19.9 Å². The molecule has 6 nitrogen and oxygen atoms in total. The molecule has 2 rings (SSSR count). The fraction of sp³-hybridized carbons (Fsp3) is 0.300. The molecule has 0 amide bonds. The van der Waals surface area contributed by atoms with E-state index in [0.29, 0.717) is 17.4 Å². The first-order chi connectivity index (χ1) is 8.11. The minimum Gasteiger partial charge on any atom is -0.397 e. The summed E-state index contributed by atoms with van der Waals surface area (Å²) in [6.45, 7) is 4.38. The van der Waals surface area contributed by atoms with Crippen LogP contribution in [0.3, 0.4) is 0 Å². The van der Waals surface area contributed by atoms with Crippen molar-refractivity contribution in [2.75, 3.05) is 5.73 Å². The molecule has 0 unspecified atom stereocenters. The number of H-pyrrole nitrogens is 1. The summed E-state index contributed by atoms with van der Waals surface area (Å²) in [5.74, 6) is 0.